The summed E-state index contributed by atoms with van der Waals surface area (Å²) in [4.78, 5) is 24.2. The second-order valence-corrected chi connectivity index (χ2v) is 7.12. The van der Waals surface area contributed by atoms with Gasteiger partial charge in [0.25, 0.3) is 0 Å². The quantitative estimate of drug-likeness (QED) is 0.574. The van der Waals surface area contributed by atoms with Gasteiger partial charge in [0.15, 0.2) is 0 Å². The Balaban J connectivity index is 1.88. The lowest BCUT2D eigenvalue weighted by molar-refractivity contribution is -0.120. The lowest BCUT2D eigenvalue weighted by Crippen LogP contribution is -2.23. The average molecular weight is 386 g/mol. The van der Waals surface area contributed by atoms with Gasteiger partial charge < -0.3 is 5.32 Å². The van der Waals surface area contributed by atoms with Crippen molar-refractivity contribution >= 4 is 34.8 Å². The highest BCUT2D eigenvalue weighted by Crippen LogP contribution is 2.22. The minimum atomic E-state index is -0.248. The van der Waals surface area contributed by atoms with E-state index in [9.17, 15) is 9.59 Å². The Kier molecular flexibility index (Phi) is 7.13. The van der Waals surface area contributed by atoms with Gasteiger partial charge in [-0.15, -0.1) is 0 Å². The predicted molar refractivity (Wildman–Crippen MR) is 110 cm³/mol. The van der Waals surface area contributed by atoms with Gasteiger partial charge in [-0.3, -0.25) is 9.59 Å². The average Bonchev–Trinajstić information content (AvgIpc) is 2.58. The predicted octanol–water partition coefficient (Wildman–Crippen LogP) is 4.33. The van der Waals surface area contributed by atoms with E-state index in [0.29, 0.717) is 10.7 Å². The van der Waals surface area contributed by atoms with Crippen LogP contribution < -0.4 is 10.7 Å². The number of carbonyl (C=O) groups is 2. The number of anilines is 1. The number of aryl methyl sites for hydroxylation is 3. The van der Waals surface area contributed by atoms with E-state index in [1.807, 2.05) is 32.9 Å². The SMILES string of the molecule is C/C(CC(=O)Nc1c(C)cc(C)cc1C)=N\NC(=O)Cc1ccc(Cl)cc1. The first kappa shape index (κ1) is 20.6. The molecule has 142 valence electrons. The molecule has 0 unspecified atom stereocenters. The Morgan fingerprint density at radius 3 is 2.19 bits per heavy atom. The van der Waals surface area contributed by atoms with Gasteiger partial charge in [0.2, 0.25) is 11.8 Å². The van der Waals surface area contributed by atoms with Gasteiger partial charge >= 0.3 is 0 Å². The molecule has 2 N–H and O–H groups in total. The molecular formula is C21H24ClN3O2. The number of nitrogens with zero attached hydrogens (tertiary/aromatic N) is 1. The van der Waals surface area contributed by atoms with Crippen molar-refractivity contribution in [3.8, 4) is 0 Å². The minimum Gasteiger partial charge on any atom is -0.325 e. The highest BCUT2D eigenvalue weighted by Gasteiger charge is 2.10. The Bertz CT molecular complexity index is 850. The number of nitrogens with one attached hydrogen (secondary N) is 2. The summed E-state index contributed by atoms with van der Waals surface area (Å²) in [6.07, 6.45) is 0.301. The molecular weight excluding hydrogens is 362 g/mol. The van der Waals surface area contributed by atoms with E-state index in [0.717, 1.165) is 27.9 Å². The Morgan fingerprint density at radius 2 is 1.59 bits per heavy atom. The maximum Gasteiger partial charge on any atom is 0.244 e. The van der Waals surface area contributed by atoms with Crippen LogP contribution in [0.15, 0.2) is 41.5 Å². The lowest BCUT2D eigenvalue weighted by atomic mass is 10.0. The molecule has 0 fully saturated rings. The van der Waals surface area contributed by atoms with E-state index >= 15 is 0 Å². The second-order valence-electron chi connectivity index (χ2n) is 6.68. The van der Waals surface area contributed by atoms with Crippen LogP contribution in [0.4, 0.5) is 5.69 Å². The second kappa shape index (κ2) is 9.33. The third-order valence-corrected chi connectivity index (χ3v) is 4.26. The van der Waals surface area contributed by atoms with Crippen LogP contribution in [0.25, 0.3) is 0 Å². The summed E-state index contributed by atoms with van der Waals surface area (Å²) in [6, 6.07) is 11.1. The summed E-state index contributed by atoms with van der Waals surface area (Å²) < 4.78 is 0. The van der Waals surface area contributed by atoms with Crippen molar-refractivity contribution in [2.75, 3.05) is 5.32 Å². The minimum absolute atomic E-state index is 0.105. The molecule has 0 bridgehead atoms. The van der Waals surface area contributed by atoms with Gasteiger partial charge in [0, 0.05) is 16.4 Å². The Hall–Kier alpha value is -2.66. The van der Waals surface area contributed by atoms with Crippen molar-refractivity contribution < 1.29 is 9.59 Å². The van der Waals surface area contributed by atoms with Crippen LogP contribution in [0.3, 0.4) is 0 Å². The van der Waals surface area contributed by atoms with Crippen LogP contribution in [-0.2, 0) is 16.0 Å². The van der Waals surface area contributed by atoms with Crippen LogP contribution in [0.1, 0.15) is 35.6 Å². The Labute approximate surface area is 164 Å². The number of halogens is 1. The molecule has 0 aliphatic carbocycles. The molecule has 0 aromatic heterocycles. The maximum absolute atomic E-state index is 12.3. The largest absolute Gasteiger partial charge is 0.325 e. The number of benzene rings is 2. The zero-order chi connectivity index (χ0) is 20.0. The summed E-state index contributed by atoms with van der Waals surface area (Å²) in [5.41, 5.74) is 7.87. The fourth-order valence-corrected chi connectivity index (χ4v) is 2.94. The fourth-order valence-electron chi connectivity index (χ4n) is 2.82. The molecule has 0 spiro atoms. The molecule has 0 heterocycles. The van der Waals surface area contributed by atoms with Crippen LogP contribution in [0.5, 0.6) is 0 Å². The van der Waals surface area contributed by atoms with Gasteiger partial charge in [0.05, 0.1) is 12.8 Å². The van der Waals surface area contributed by atoms with Crippen molar-refractivity contribution in [3.05, 3.63) is 63.7 Å². The maximum atomic E-state index is 12.3. The van der Waals surface area contributed by atoms with Crippen LogP contribution in [0.2, 0.25) is 5.02 Å². The van der Waals surface area contributed by atoms with Crippen molar-refractivity contribution in [2.45, 2.75) is 40.5 Å². The smallest absolute Gasteiger partial charge is 0.244 e. The molecule has 0 aliphatic rings. The summed E-state index contributed by atoms with van der Waals surface area (Å²) in [7, 11) is 0. The van der Waals surface area contributed by atoms with E-state index in [1.165, 1.54) is 0 Å². The summed E-state index contributed by atoms with van der Waals surface area (Å²) in [5, 5.41) is 7.56. The third kappa shape index (κ3) is 6.53. The zero-order valence-electron chi connectivity index (χ0n) is 16.0. The van der Waals surface area contributed by atoms with E-state index in [1.54, 1.807) is 31.2 Å². The lowest BCUT2D eigenvalue weighted by Gasteiger charge is -2.12. The molecule has 0 saturated heterocycles. The van der Waals surface area contributed by atoms with Crippen molar-refractivity contribution in [2.24, 2.45) is 5.10 Å². The monoisotopic (exact) mass is 385 g/mol. The summed E-state index contributed by atoms with van der Waals surface area (Å²) in [6.45, 7) is 7.66. The van der Waals surface area contributed by atoms with Crippen molar-refractivity contribution in [3.63, 3.8) is 0 Å². The molecule has 6 heteroatoms. The third-order valence-electron chi connectivity index (χ3n) is 4.01. The molecule has 0 radical (unpaired) electrons. The molecule has 27 heavy (non-hydrogen) atoms. The van der Waals surface area contributed by atoms with Crippen LogP contribution >= 0.6 is 11.6 Å². The first-order valence-corrected chi connectivity index (χ1v) is 9.06. The van der Waals surface area contributed by atoms with E-state index in [-0.39, 0.29) is 24.7 Å². The Morgan fingerprint density at radius 1 is 1.00 bits per heavy atom. The number of amides is 2. The number of carbonyl (C=O) groups excluding carboxylic acids is 2. The van der Waals surface area contributed by atoms with Crippen molar-refractivity contribution in [1.82, 2.24) is 5.43 Å². The van der Waals surface area contributed by atoms with E-state index in [2.05, 4.69) is 15.8 Å². The molecule has 2 aromatic rings. The molecule has 0 atom stereocenters. The molecule has 2 rings (SSSR count). The highest BCUT2D eigenvalue weighted by atomic mass is 35.5. The number of hydrogen-bond acceptors (Lipinski definition) is 3. The van der Waals surface area contributed by atoms with Gasteiger partial charge in [-0.2, -0.15) is 5.10 Å². The molecule has 0 aliphatic heterocycles. The van der Waals surface area contributed by atoms with Gasteiger partial charge in [-0.05, 0) is 56.5 Å². The standard InChI is InChI=1S/C21H24ClN3O2/c1-13-9-14(2)21(15(3)10-13)23-19(26)11-16(4)24-25-20(27)12-17-5-7-18(22)8-6-17/h5-10H,11-12H2,1-4H3,(H,23,26)(H,25,27)/b24-16+. The highest BCUT2D eigenvalue weighted by molar-refractivity contribution is 6.30. The summed E-state index contributed by atoms with van der Waals surface area (Å²) in [5.74, 6) is -0.416. The zero-order valence-corrected chi connectivity index (χ0v) is 16.8. The van der Waals surface area contributed by atoms with Gasteiger partial charge in [0.1, 0.15) is 0 Å². The topological polar surface area (TPSA) is 70.6 Å². The number of hydrazone groups is 1. The molecule has 0 saturated carbocycles. The van der Waals surface area contributed by atoms with Gasteiger partial charge in [-0.1, -0.05) is 41.4 Å². The van der Waals surface area contributed by atoms with Gasteiger partial charge in [-0.25, -0.2) is 5.43 Å². The molecule has 5 nitrogen and oxygen atoms in total. The first-order valence-electron chi connectivity index (χ1n) is 8.68. The van der Waals surface area contributed by atoms with Crippen LogP contribution in [0, 0.1) is 20.8 Å². The number of hydrogen-bond donors (Lipinski definition) is 2. The molecule has 2 aromatic carbocycles. The number of rotatable bonds is 6. The normalized spacial score (nSPS) is 11.2. The van der Waals surface area contributed by atoms with Crippen LogP contribution in [-0.4, -0.2) is 17.5 Å². The first-order chi connectivity index (χ1) is 12.7. The van der Waals surface area contributed by atoms with E-state index < -0.39 is 0 Å². The van der Waals surface area contributed by atoms with Crippen molar-refractivity contribution in [1.29, 1.82) is 0 Å². The fraction of sp³-hybridized carbons (Fsp3) is 0.286. The molecule has 2 amide bonds. The van der Waals surface area contributed by atoms with E-state index in [4.69, 9.17) is 11.6 Å². The summed E-state index contributed by atoms with van der Waals surface area (Å²) >= 11 is 5.82.